The highest BCUT2D eigenvalue weighted by molar-refractivity contribution is 7.80. The first kappa shape index (κ1) is 9.35. The molecule has 0 amide bonds. The number of aromatic nitrogens is 3. The zero-order chi connectivity index (χ0) is 9.97. The van der Waals surface area contributed by atoms with E-state index < -0.39 is 0 Å². The molecule has 0 spiro atoms. The smallest absolute Gasteiger partial charge is 0.144 e. The fraction of sp³-hybridized carbons (Fsp3) is 0.571. The fourth-order valence-corrected chi connectivity index (χ4v) is 1.56. The maximum absolute atomic E-state index is 8.94. The Hall–Kier alpha value is -1.21. The summed E-state index contributed by atoms with van der Waals surface area (Å²) in [6, 6.07) is 0. The molecule has 1 saturated heterocycles. The van der Waals surface area contributed by atoms with E-state index in [4.69, 9.17) is 22.2 Å². The topological polar surface area (TPSA) is 63.4 Å². The van der Waals surface area contributed by atoms with Crippen LogP contribution >= 0.6 is 12.2 Å². The minimum atomic E-state index is 0.518. The molecule has 1 aromatic heterocycles. The van der Waals surface area contributed by atoms with Crippen LogP contribution in [0, 0.1) is 0 Å². The van der Waals surface area contributed by atoms with Crippen LogP contribution in [0.15, 0.2) is 6.20 Å². The van der Waals surface area contributed by atoms with E-state index >= 15 is 0 Å². The summed E-state index contributed by atoms with van der Waals surface area (Å²) in [5, 5.41) is 16.1. The molecule has 0 radical (unpaired) electrons. The van der Waals surface area contributed by atoms with Crippen molar-refractivity contribution in [2.75, 3.05) is 26.3 Å². The molecular formula is C7H10N4O2S. The second kappa shape index (κ2) is 3.89. The van der Waals surface area contributed by atoms with Crippen molar-refractivity contribution in [3.05, 3.63) is 11.9 Å². The van der Waals surface area contributed by atoms with E-state index in [9.17, 15) is 0 Å². The van der Waals surface area contributed by atoms with E-state index in [0.29, 0.717) is 28.7 Å². The van der Waals surface area contributed by atoms with Crippen molar-refractivity contribution >= 4 is 17.2 Å². The molecule has 0 unspecified atom stereocenters. The Morgan fingerprint density at radius 2 is 2.21 bits per heavy atom. The number of hydrogen-bond donors (Lipinski definition) is 1. The molecule has 2 rings (SSSR count). The van der Waals surface area contributed by atoms with Gasteiger partial charge in [0.25, 0.3) is 0 Å². The van der Waals surface area contributed by atoms with Crippen molar-refractivity contribution in [2.45, 2.75) is 0 Å². The van der Waals surface area contributed by atoms with Gasteiger partial charge in [-0.05, 0) is 5.21 Å². The third-order valence-corrected chi connectivity index (χ3v) is 2.47. The highest BCUT2D eigenvalue weighted by atomic mass is 32.1. The SMILES string of the molecule is On1cc(C(=S)N2CCOCC2)nn1. The molecule has 0 aromatic carbocycles. The molecule has 6 nitrogen and oxygen atoms in total. The molecule has 1 aromatic rings. The summed E-state index contributed by atoms with van der Waals surface area (Å²) in [7, 11) is 0. The van der Waals surface area contributed by atoms with Crippen LogP contribution in [-0.4, -0.2) is 56.6 Å². The van der Waals surface area contributed by atoms with Gasteiger partial charge in [0, 0.05) is 13.1 Å². The van der Waals surface area contributed by atoms with Crippen molar-refractivity contribution in [3.63, 3.8) is 0 Å². The Morgan fingerprint density at radius 3 is 2.79 bits per heavy atom. The third-order valence-electron chi connectivity index (χ3n) is 2.00. The first-order valence-electron chi connectivity index (χ1n) is 4.26. The first-order valence-corrected chi connectivity index (χ1v) is 4.67. The largest absolute Gasteiger partial charge is 0.410 e. The van der Waals surface area contributed by atoms with E-state index in [0.717, 1.165) is 13.1 Å². The Morgan fingerprint density at radius 1 is 1.50 bits per heavy atom. The average Bonchev–Trinajstić information content (AvgIpc) is 2.65. The number of thiocarbonyl (C=S) groups is 1. The average molecular weight is 214 g/mol. The molecule has 7 heteroatoms. The van der Waals surface area contributed by atoms with Crippen molar-refractivity contribution in [3.8, 4) is 0 Å². The molecule has 1 N–H and O–H groups in total. The van der Waals surface area contributed by atoms with Gasteiger partial charge in [-0.15, -0.1) is 5.10 Å². The van der Waals surface area contributed by atoms with E-state index in [-0.39, 0.29) is 0 Å². The van der Waals surface area contributed by atoms with Gasteiger partial charge in [0.15, 0.2) is 0 Å². The number of rotatable bonds is 1. The minimum absolute atomic E-state index is 0.518. The van der Waals surface area contributed by atoms with Crippen molar-refractivity contribution < 1.29 is 9.94 Å². The highest BCUT2D eigenvalue weighted by Gasteiger charge is 2.17. The summed E-state index contributed by atoms with van der Waals surface area (Å²) in [6.07, 6.45) is 1.39. The molecule has 0 bridgehead atoms. The van der Waals surface area contributed by atoms with Crippen LogP contribution in [0.25, 0.3) is 0 Å². The number of hydrogen-bond acceptors (Lipinski definition) is 5. The summed E-state index contributed by atoms with van der Waals surface area (Å²) in [6.45, 7) is 2.87. The summed E-state index contributed by atoms with van der Waals surface area (Å²) in [5.41, 5.74) is 0.518. The summed E-state index contributed by atoms with van der Waals surface area (Å²) < 4.78 is 5.20. The van der Waals surface area contributed by atoms with Gasteiger partial charge >= 0.3 is 0 Å². The molecule has 1 fully saturated rings. The Bertz CT molecular complexity index is 334. The van der Waals surface area contributed by atoms with Gasteiger partial charge in [0.05, 0.1) is 19.4 Å². The van der Waals surface area contributed by atoms with Gasteiger partial charge in [0.1, 0.15) is 10.7 Å². The highest BCUT2D eigenvalue weighted by Crippen LogP contribution is 2.05. The quantitative estimate of drug-likeness (QED) is 0.503. The molecule has 2 heterocycles. The van der Waals surface area contributed by atoms with Crippen LogP contribution in [-0.2, 0) is 4.74 Å². The molecular weight excluding hydrogens is 204 g/mol. The van der Waals surface area contributed by atoms with Crippen LogP contribution in [0.4, 0.5) is 0 Å². The van der Waals surface area contributed by atoms with Crippen LogP contribution < -0.4 is 0 Å². The lowest BCUT2D eigenvalue weighted by Crippen LogP contribution is -2.40. The van der Waals surface area contributed by atoms with Crippen LogP contribution in [0.3, 0.4) is 0 Å². The molecule has 76 valence electrons. The van der Waals surface area contributed by atoms with E-state index in [1.807, 2.05) is 4.90 Å². The summed E-state index contributed by atoms with van der Waals surface area (Å²) in [5.74, 6) is 0. The van der Waals surface area contributed by atoms with Gasteiger partial charge in [-0.2, -0.15) is 0 Å². The molecule has 0 saturated carbocycles. The van der Waals surface area contributed by atoms with Gasteiger partial charge in [0.2, 0.25) is 0 Å². The Labute approximate surface area is 86.0 Å². The second-order valence-corrected chi connectivity index (χ2v) is 3.32. The maximum atomic E-state index is 8.94. The van der Waals surface area contributed by atoms with Gasteiger partial charge in [-0.25, -0.2) is 0 Å². The van der Waals surface area contributed by atoms with E-state index in [1.165, 1.54) is 6.20 Å². The molecule has 14 heavy (non-hydrogen) atoms. The number of nitrogens with zero attached hydrogens (tertiary/aromatic N) is 4. The molecule has 0 aliphatic carbocycles. The lowest BCUT2D eigenvalue weighted by atomic mass is 10.3. The zero-order valence-electron chi connectivity index (χ0n) is 7.46. The Kier molecular flexibility index (Phi) is 2.60. The summed E-state index contributed by atoms with van der Waals surface area (Å²) in [4.78, 5) is 3.25. The van der Waals surface area contributed by atoms with E-state index in [2.05, 4.69) is 10.3 Å². The summed E-state index contributed by atoms with van der Waals surface area (Å²) >= 11 is 5.20. The normalized spacial score (nSPS) is 17.0. The van der Waals surface area contributed by atoms with Crippen LogP contribution in [0.5, 0.6) is 0 Å². The van der Waals surface area contributed by atoms with Crippen LogP contribution in [0.2, 0.25) is 0 Å². The third kappa shape index (κ3) is 1.83. The second-order valence-electron chi connectivity index (χ2n) is 2.93. The lowest BCUT2D eigenvalue weighted by Gasteiger charge is -2.27. The molecule has 1 aliphatic heterocycles. The monoisotopic (exact) mass is 214 g/mol. The number of ether oxygens (including phenoxy) is 1. The van der Waals surface area contributed by atoms with Crippen molar-refractivity contribution in [1.82, 2.24) is 20.1 Å². The lowest BCUT2D eigenvalue weighted by molar-refractivity contribution is 0.0692. The van der Waals surface area contributed by atoms with E-state index in [1.54, 1.807) is 0 Å². The first-order chi connectivity index (χ1) is 6.77. The zero-order valence-corrected chi connectivity index (χ0v) is 8.27. The van der Waals surface area contributed by atoms with Crippen LogP contribution in [0.1, 0.15) is 5.69 Å². The minimum Gasteiger partial charge on any atom is -0.410 e. The molecule has 1 aliphatic rings. The predicted octanol–water partition coefficient (Wildman–Crippen LogP) is -0.477. The van der Waals surface area contributed by atoms with Gasteiger partial charge in [-0.3, -0.25) is 0 Å². The predicted molar refractivity (Wildman–Crippen MR) is 51.3 cm³/mol. The van der Waals surface area contributed by atoms with Crippen molar-refractivity contribution in [2.24, 2.45) is 0 Å². The molecule has 0 atom stereocenters. The van der Waals surface area contributed by atoms with Gasteiger partial charge in [-0.1, -0.05) is 17.1 Å². The number of morpholine rings is 1. The fourth-order valence-electron chi connectivity index (χ4n) is 1.28. The standard InChI is InChI=1S/C7H10N4O2S/c12-11-5-6(8-9-11)7(14)10-1-3-13-4-2-10/h5,12H,1-4H2. The maximum Gasteiger partial charge on any atom is 0.144 e. The Balaban J connectivity index is 2.07. The van der Waals surface area contributed by atoms with Gasteiger partial charge < -0.3 is 14.8 Å². The van der Waals surface area contributed by atoms with Crippen molar-refractivity contribution in [1.29, 1.82) is 0 Å².